The van der Waals surface area contributed by atoms with Crippen LogP contribution in [0.3, 0.4) is 0 Å². The third-order valence-electron chi connectivity index (χ3n) is 5.62. The van der Waals surface area contributed by atoms with Crippen LogP contribution in [0.2, 0.25) is 0 Å². The Bertz CT molecular complexity index is 606. The Kier molecular flexibility index (Phi) is 5.74. The van der Waals surface area contributed by atoms with Crippen LogP contribution >= 0.6 is 0 Å². The molecule has 3 rings (SSSR count). The zero-order chi connectivity index (χ0) is 17.8. The van der Waals surface area contributed by atoms with E-state index in [1.807, 2.05) is 41.1 Å². The van der Waals surface area contributed by atoms with Crippen molar-refractivity contribution >= 4 is 17.5 Å². The molecule has 0 saturated carbocycles. The first-order chi connectivity index (χ1) is 12.1. The fourth-order valence-corrected chi connectivity index (χ4v) is 3.86. The van der Waals surface area contributed by atoms with Crippen LogP contribution in [0.5, 0.6) is 0 Å². The van der Waals surface area contributed by atoms with E-state index in [0.717, 1.165) is 57.5 Å². The van der Waals surface area contributed by atoms with Crippen molar-refractivity contribution in [3.8, 4) is 0 Å². The summed E-state index contributed by atoms with van der Waals surface area (Å²) in [6, 6.07) is 7.85. The van der Waals surface area contributed by atoms with E-state index >= 15 is 0 Å². The quantitative estimate of drug-likeness (QED) is 0.844. The van der Waals surface area contributed by atoms with Gasteiger partial charge in [0.05, 0.1) is 0 Å². The fourth-order valence-electron chi connectivity index (χ4n) is 3.86. The van der Waals surface area contributed by atoms with Crippen molar-refractivity contribution < 1.29 is 9.59 Å². The smallest absolute Gasteiger partial charge is 0.253 e. The number of piperidine rings is 2. The Morgan fingerprint density at radius 2 is 1.80 bits per heavy atom. The van der Waals surface area contributed by atoms with Crippen molar-refractivity contribution in [3.63, 3.8) is 0 Å². The molecule has 2 fully saturated rings. The second kappa shape index (κ2) is 8.00. The predicted octanol–water partition coefficient (Wildman–Crippen LogP) is 2.76. The van der Waals surface area contributed by atoms with E-state index in [-0.39, 0.29) is 11.8 Å². The molecule has 2 heterocycles. The summed E-state index contributed by atoms with van der Waals surface area (Å²) in [4.78, 5) is 31.0. The molecule has 5 nitrogen and oxygen atoms in total. The lowest BCUT2D eigenvalue weighted by Crippen LogP contribution is -2.45. The summed E-state index contributed by atoms with van der Waals surface area (Å²) in [5.74, 6) is 0.261. The molecule has 2 saturated heterocycles. The third-order valence-corrected chi connectivity index (χ3v) is 5.62. The van der Waals surface area contributed by atoms with Gasteiger partial charge in [-0.1, -0.05) is 6.92 Å². The summed E-state index contributed by atoms with van der Waals surface area (Å²) >= 11 is 0. The minimum atomic E-state index is 0.0754. The summed E-state index contributed by atoms with van der Waals surface area (Å²) < 4.78 is 0. The maximum Gasteiger partial charge on any atom is 0.253 e. The van der Waals surface area contributed by atoms with E-state index < -0.39 is 0 Å². The zero-order valence-corrected chi connectivity index (χ0v) is 15.4. The molecular formula is C20H29N3O2. The summed E-state index contributed by atoms with van der Waals surface area (Å²) in [5, 5.41) is 0. The van der Waals surface area contributed by atoms with Crippen LogP contribution in [-0.2, 0) is 4.79 Å². The van der Waals surface area contributed by atoms with Gasteiger partial charge in [0.15, 0.2) is 0 Å². The van der Waals surface area contributed by atoms with E-state index in [0.29, 0.717) is 18.0 Å². The Morgan fingerprint density at radius 1 is 1.12 bits per heavy atom. The molecule has 5 heteroatoms. The highest BCUT2D eigenvalue weighted by molar-refractivity contribution is 5.97. The average Bonchev–Trinajstić information content (AvgIpc) is 2.67. The number of anilines is 1. The van der Waals surface area contributed by atoms with Crippen LogP contribution < -0.4 is 4.90 Å². The van der Waals surface area contributed by atoms with Gasteiger partial charge >= 0.3 is 0 Å². The van der Waals surface area contributed by atoms with E-state index in [1.54, 1.807) is 0 Å². The molecule has 0 atom stereocenters. The van der Waals surface area contributed by atoms with Crippen LogP contribution in [0, 0.1) is 0 Å². The first-order valence-electron chi connectivity index (χ1n) is 9.50. The first kappa shape index (κ1) is 17.9. The van der Waals surface area contributed by atoms with E-state index in [2.05, 4.69) is 11.8 Å². The molecule has 0 bridgehead atoms. The van der Waals surface area contributed by atoms with E-state index in [1.165, 1.54) is 0 Å². The monoisotopic (exact) mass is 343 g/mol. The van der Waals surface area contributed by atoms with Gasteiger partial charge in [-0.05, 0) is 56.5 Å². The van der Waals surface area contributed by atoms with Crippen LogP contribution in [0.1, 0.15) is 49.4 Å². The van der Waals surface area contributed by atoms with Crippen molar-refractivity contribution in [2.24, 2.45) is 0 Å². The number of rotatable bonds is 4. The molecule has 136 valence electrons. The fraction of sp³-hybridized carbons (Fsp3) is 0.600. The molecule has 1 aromatic rings. The normalized spacial score (nSPS) is 19.9. The molecule has 2 aliphatic heterocycles. The minimum absolute atomic E-state index is 0.0754. The lowest BCUT2D eigenvalue weighted by Gasteiger charge is -2.36. The van der Waals surface area contributed by atoms with E-state index in [9.17, 15) is 9.59 Å². The van der Waals surface area contributed by atoms with E-state index in [4.69, 9.17) is 0 Å². The van der Waals surface area contributed by atoms with Gasteiger partial charge in [-0.2, -0.15) is 0 Å². The number of hydrogen-bond donors (Lipinski definition) is 0. The zero-order valence-electron chi connectivity index (χ0n) is 15.4. The first-order valence-corrected chi connectivity index (χ1v) is 9.50. The number of carbonyl (C=O) groups excluding carboxylic acids is 2. The van der Waals surface area contributed by atoms with Gasteiger partial charge in [0.2, 0.25) is 5.91 Å². The predicted molar refractivity (Wildman–Crippen MR) is 99.9 cm³/mol. The molecule has 0 aromatic heterocycles. The summed E-state index contributed by atoms with van der Waals surface area (Å²) in [6.45, 7) is 6.18. The highest BCUT2D eigenvalue weighted by Gasteiger charge is 2.26. The van der Waals surface area contributed by atoms with Crippen molar-refractivity contribution in [3.05, 3.63) is 29.8 Å². The Morgan fingerprint density at radius 3 is 2.40 bits per heavy atom. The van der Waals surface area contributed by atoms with Gasteiger partial charge in [-0.15, -0.1) is 0 Å². The van der Waals surface area contributed by atoms with Gasteiger partial charge in [0.25, 0.3) is 5.91 Å². The van der Waals surface area contributed by atoms with Crippen LogP contribution in [0.25, 0.3) is 0 Å². The largest absolute Gasteiger partial charge is 0.339 e. The maximum absolute atomic E-state index is 12.8. The topological polar surface area (TPSA) is 43.9 Å². The van der Waals surface area contributed by atoms with Crippen molar-refractivity contribution in [1.29, 1.82) is 0 Å². The molecule has 0 N–H and O–H groups in total. The number of hydrogen-bond acceptors (Lipinski definition) is 3. The van der Waals surface area contributed by atoms with Crippen molar-refractivity contribution in [1.82, 2.24) is 9.80 Å². The second-order valence-corrected chi connectivity index (χ2v) is 7.13. The van der Waals surface area contributed by atoms with Crippen molar-refractivity contribution in [2.75, 3.05) is 38.1 Å². The van der Waals surface area contributed by atoms with Gasteiger partial charge in [-0.3, -0.25) is 9.59 Å². The summed E-state index contributed by atoms with van der Waals surface area (Å²) in [6.07, 6.45) is 4.73. The Hall–Kier alpha value is -1.88. The van der Waals surface area contributed by atoms with Gasteiger partial charge in [0.1, 0.15) is 0 Å². The molecule has 2 amide bonds. The maximum atomic E-state index is 12.8. The lowest BCUT2D eigenvalue weighted by atomic mass is 10.0. The molecule has 0 unspecified atom stereocenters. The summed E-state index contributed by atoms with van der Waals surface area (Å²) in [7, 11) is 1.91. The Labute approximate surface area is 150 Å². The minimum Gasteiger partial charge on any atom is -0.339 e. The number of nitrogens with zero attached hydrogens (tertiary/aromatic N) is 3. The molecule has 2 aliphatic rings. The molecule has 0 spiro atoms. The molecular weight excluding hydrogens is 314 g/mol. The van der Waals surface area contributed by atoms with Gasteiger partial charge < -0.3 is 14.7 Å². The summed E-state index contributed by atoms with van der Waals surface area (Å²) in [5.41, 5.74) is 1.61. The molecule has 0 radical (unpaired) electrons. The molecule has 0 aliphatic carbocycles. The Balaban J connectivity index is 1.63. The lowest BCUT2D eigenvalue weighted by molar-refractivity contribution is -0.119. The molecule has 1 aromatic carbocycles. The average molecular weight is 343 g/mol. The third kappa shape index (κ3) is 4.03. The number of amides is 2. The molecule has 25 heavy (non-hydrogen) atoms. The highest BCUT2D eigenvalue weighted by Crippen LogP contribution is 2.23. The van der Waals surface area contributed by atoms with Crippen LogP contribution in [-0.4, -0.2) is 60.9 Å². The van der Waals surface area contributed by atoms with Gasteiger partial charge in [-0.25, -0.2) is 0 Å². The number of benzene rings is 1. The second-order valence-electron chi connectivity index (χ2n) is 7.13. The van der Waals surface area contributed by atoms with Crippen LogP contribution in [0.15, 0.2) is 24.3 Å². The SMILES string of the molecule is CCN1CCC(N(C)C(=O)c2ccc(N3CCCCC3=O)cc2)CC1. The highest BCUT2D eigenvalue weighted by atomic mass is 16.2. The van der Waals surface area contributed by atoms with Crippen LogP contribution in [0.4, 0.5) is 5.69 Å². The number of carbonyl (C=O) groups is 2. The van der Waals surface area contributed by atoms with Gasteiger partial charge in [0, 0.05) is 50.4 Å². The van der Waals surface area contributed by atoms with Crippen molar-refractivity contribution in [2.45, 2.75) is 45.1 Å². The number of likely N-dealkylation sites (tertiary alicyclic amines) is 1. The standard InChI is InChI=1S/C20H29N3O2/c1-3-22-14-11-17(12-15-22)21(2)20(25)16-7-9-18(10-8-16)23-13-5-4-6-19(23)24/h7-10,17H,3-6,11-15H2,1-2H3.